The smallest absolute Gasteiger partial charge is 0.320 e. The Hall–Kier alpha value is -1.10. The van der Waals surface area contributed by atoms with Gasteiger partial charge in [-0.3, -0.25) is 14.5 Å². The molecule has 0 aromatic carbocycles. The van der Waals surface area contributed by atoms with Gasteiger partial charge in [-0.1, -0.05) is 20.8 Å². The van der Waals surface area contributed by atoms with E-state index in [0.29, 0.717) is 18.3 Å². The van der Waals surface area contributed by atoms with Gasteiger partial charge in [-0.25, -0.2) is 0 Å². The van der Waals surface area contributed by atoms with Crippen molar-refractivity contribution < 1.29 is 14.7 Å². The van der Waals surface area contributed by atoms with Gasteiger partial charge < -0.3 is 10.0 Å². The van der Waals surface area contributed by atoms with E-state index in [9.17, 15) is 9.59 Å². The molecule has 1 rings (SSSR count). The van der Waals surface area contributed by atoms with E-state index in [0.717, 1.165) is 19.5 Å². The molecule has 0 aliphatic carbocycles. The number of hydrogen-bond acceptors (Lipinski definition) is 3. The number of piperidine rings is 1. The summed E-state index contributed by atoms with van der Waals surface area (Å²) in [5.41, 5.74) is 0. The molecule has 1 N–H and O–H groups in total. The third kappa shape index (κ3) is 4.49. The van der Waals surface area contributed by atoms with Crippen molar-refractivity contribution in [3.63, 3.8) is 0 Å². The van der Waals surface area contributed by atoms with E-state index in [4.69, 9.17) is 5.11 Å². The maximum absolute atomic E-state index is 12.2. The second kappa shape index (κ2) is 6.89. The number of rotatable bonds is 5. The fourth-order valence-corrected chi connectivity index (χ4v) is 2.96. The summed E-state index contributed by atoms with van der Waals surface area (Å²) < 4.78 is 0. The first-order valence-electron chi connectivity index (χ1n) is 7.05. The summed E-state index contributed by atoms with van der Waals surface area (Å²) in [6.45, 7) is 7.91. The quantitative estimate of drug-likeness (QED) is 0.817. The van der Waals surface area contributed by atoms with Crippen LogP contribution in [0.5, 0.6) is 0 Å². The van der Waals surface area contributed by atoms with Gasteiger partial charge in [-0.05, 0) is 31.7 Å². The lowest BCUT2D eigenvalue weighted by Gasteiger charge is -2.36. The van der Waals surface area contributed by atoms with Gasteiger partial charge >= 0.3 is 5.97 Å². The normalized spacial score (nSPS) is 25.4. The summed E-state index contributed by atoms with van der Waals surface area (Å²) in [5, 5.41) is 9.08. The van der Waals surface area contributed by atoms with Crippen molar-refractivity contribution in [2.75, 3.05) is 26.7 Å². The van der Waals surface area contributed by atoms with Gasteiger partial charge in [0.15, 0.2) is 0 Å². The standard InChI is InChI=1S/C14H26N2O3/c1-5-12(14(18)19)15(4)9-13(17)16-7-10(2)6-11(3)8-16/h10-12H,5-9H2,1-4H3,(H,18,19). The molecule has 0 aromatic heterocycles. The van der Waals surface area contributed by atoms with Gasteiger partial charge in [0.05, 0.1) is 6.54 Å². The van der Waals surface area contributed by atoms with Crippen LogP contribution >= 0.6 is 0 Å². The number of aliphatic carboxylic acids is 1. The molecule has 1 aliphatic heterocycles. The van der Waals surface area contributed by atoms with E-state index < -0.39 is 12.0 Å². The van der Waals surface area contributed by atoms with Gasteiger partial charge in [0.2, 0.25) is 5.91 Å². The topological polar surface area (TPSA) is 60.9 Å². The molecule has 0 saturated carbocycles. The Labute approximate surface area is 115 Å². The number of likely N-dealkylation sites (N-methyl/N-ethyl adjacent to an activating group) is 1. The second-order valence-electron chi connectivity index (χ2n) is 5.92. The fraction of sp³-hybridized carbons (Fsp3) is 0.857. The molecular weight excluding hydrogens is 244 g/mol. The number of carbonyl (C=O) groups is 2. The van der Waals surface area contributed by atoms with Crippen molar-refractivity contribution in [2.24, 2.45) is 11.8 Å². The SMILES string of the molecule is CCC(C(=O)O)N(C)CC(=O)N1CC(C)CC(C)C1. The summed E-state index contributed by atoms with van der Waals surface area (Å²) in [4.78, 5) is 26.8. The lowest BCUT2D eigenvalue weighted by Crippen LogP contribution is -2.49. The number of carbonyl (C=O) groups excluding carboxylic acids is 1. The Balaban J connectivity index is 2.56. The van der Waals surface area contributed by atoms with Crippen LogP contribution in [0.3, 0.4) is 0 Å². The maximum atomic E-state index is 12.2. The molecule has 1 amide bonds. The van der Waals surface area contributed by atoms with E-state index in [1.54, 1.807) is 11.9 Å². The molecule has 0 aromatic rings. The molecule has 1 aliphatic rings. The van der Waals surface area contributed by atoms with E-state index in [1.807, 2.05) is 11.8 Å². The minimum Gasteiger partial charge on any atom is -0.480 e. The minimum absolute atomic E-state index is 0.0422. The van der Waals surface area contributed by atoms with Crippen molar-refractivity contribution >= 4 is 11.9 Å². The van der Waals surface area contributed by atoms with Crippen LogP contribution in [0, 0.1) is 11.8 Å². The molecule has 0 radical (unpaired) electrons. The summed E-state index contributed by atoms with van der Waals surface area (Å²) in [6, 6.07) is -0.580. The average Bonchev–Trinajstić information content (AvgIpc) is 2.27. The molecule has 19 heavy (non-hydrogen) atoms. The van der Waals surface area contributed by atoms with Crippen LogP contribution in [-0.2, 0) is 9.59 Å². The first-order valence-corrected chi connectivity index (χ1v) is 7.05. The van der Waals surface area contributed by atoms with Crippen LogP contribution in [0.2, 0.25) is 0 Å². The van der Waals surface area contributed by atoms with Gasteiger partial charge in [-0.2, -0.15) is 0 Å². The second-order valence-corrected chi connectivity index (χ2v) is 5.92. The number of hydrogen-bond donors (Lipinski definition) is 1. The first-order chi connectivity index (χ1) is 8.85. The Kier molecular flexibility index (Phi) is 5.79. The number of nitrogens with zero attached hydrogens (tertiary/aromatic N) is 2. The Morgan fingerprint density at radius 2 is 1.84 bits per heavy atom. The molecule has 0 spiro atoms. The molecule has 3 atom stereocenters. The Morgan fingerprint density at radius 1 is 1.32 bits per heavy atom. The number of likely N-dealkylation sites (tertiary alicyclic amines) is 1. The van der Waals surface area contributed by atoms with Crippen LogP contribution in [0.1, 0.15) is 33.6 Å². The largest absolute Gasteiger partial charge is 0.480 e. The van der Waals surface area contributed by atoms with E-state index in [-0.39, 0.29) is 12.5 Å². The molecule has 5 heteroatoms. The first kappa shape index (κ1) is 16.0. The molecule has 5 nitrogen and oxygen atoms in total. The van der Waals surface area contributed by atoms with Crippen molar-refractivity contribution in [1.29, 1.82) is 0 Å². The zero-order chi connectivity index (χ0) is 14.6. The van der Waals surface area contributed by atoms with Gasteiger partial charge in [-0.15, -0.1) is 0 Å². The third-order valence-corrected chi connectivity index (χ3v) is 3.81. The van der Waals surface area contributed by atoms with E-state index in [1.165, 1.54) is 0 Å². The highest BCUT2D eigenvalue weighted by molar-refractivity contribution is 5.80. The summed E-state index contributed by atoms with van der Waals surface area (Å²) in [6.07, 6.45) is 1.66. The lowest BCUT2D eigenvalue weighted by atomic mass is 9.92. The van der Waals surface area contributed by atoms with Gasteiger partial charge in [0.1, 0.15) is 6.04 Å². The zero-order valence-electron chi connectivity index (χ0n) is 12.4. The molecule has 110 valence electrons. The van der Waals surface area contributed by atoms with Crippen LogP contribution in [-0.4, -0.2) is 59.5 Å². The zero-order valence-corrected chi connectivity index (χ0v) is 12.4. The van der Waals surface area contributed by atoms with E-state index in [2.05, 4.69) is 13.8 Å². The number of carboxylic acid groups (broad SMARTS) is 1. The van der Waals surface area contributed by atoms with Gasteiger partial charge in [0, 0.05) is 13.1 Å². The molecule has 1 heterocycles. The average molecular weight is 270 g/mol. The van der Waals surface area contributed by atoms with Crippen LogP contribution in [0.25, 0.3) is 0 Å². The maximum Gasteiger partial charge on any atom is 0.320 e. The fourth-order valence-electron chi connectivity index (χ4n) is 2.96. The van der Waals surface area contributed by atoms with Crippen LogP contribution < -0.4 is 0 Å². The predicted molar refractivity (Wildman–Crippen MR) is 73.9 cm³/mol. The highest BCUT2D eigenvalue weighted by Gasteiger charge is 2.28. The lowest BCUT2D eigenvalue weighted by molar-refractivity contribution is -0.144. The van der Waals surface area contributed by atoms with Crippen molar-refractivity contribution in [1.82, 2.24) is 9.80 Å². The Morgan fingerprint density at radius 3 is 2.26 bits per heavy atom. The number of carboxylic acids is 1. The summed E-state index contributed by atoms with van der Waals surface area (Å²) in [5.74, 6) is 0.234. The highest BCUT2D eigenvalue weighted by atomic mass is 16.4. The minimum atomic E-state index is -0.863. The third-order valence-electron chi connectivity index (χ3n) is 3.81. The van der Waals surface area contributed by atoms with E-state index >= 15 is 0 Å². The molecule has 3 unspecified atom stereocenters. The highest BCUT2D eigenvalue weighted by Crippen LogP contribution is 2.21. The molecule has 1 saturated heterocycles. The number of amides is 1. The Bertz CT molecular complexity index is 323. The molecular formula is C14H26N2O3. The summed E-state index contributed by atoms with van der Waals surface area (Å²) in [7, 11) is 1.71. The van der Waals surface area contributed by atoms with Gasteiger partial charge in [0.25, 0.3) is 0 Å². The van der Waals surface area contributed by atoms with Crippen LogP contribution in [0.15, 0.2) is 0 Å². The van der Waals surface area contributed by atoms with Crippen molar-refractivity contribution in [3.8, 4) is 0 Å². The monoisotopic (exact) mass is 270 g/mol. The van der Waals surface area contributed by atoms with Crippen molar-refractivity contribution in [2.45, 2.75) is 39.7 Å². The predicted octanol–water partition coefficient (Wildman–Crippen LogP) is 1.29. The molecule has 1 fully saturated rings. The molecule has 0 bridgehead atoms. The van der Waals surface area contributed by atoms with Crippen LogP contribution in [0.4, 0.5) is 0 Å². The summed E-state index contributed by atoms with van der Waals surface area (Å²) >= 11 is 0. The van der Waals surface area contributed by atoms with Crippen molar-refractivity contribution in [3.05, 3.63) is 0 Å².